The van der Waals surface area contributed by atoms with Crippen molar-refractivity contribution in [1.29, 1.82) is 0 Å². The van der Waals surface area contributed by atoms with Crippen LogP contribution in [0.15, 0.2) is 9.95 Å². The number of methoxy groups -OCH3 is 1. The van der Waals surface area contributed by atoms with Gasteiger partial charge in [-0.3, -0.25) is 14.2 Å². The fraction of sp³-hybridized carbons (Fsp3) is 0.611. The van der Waals surface area contributed by atoms with E-state index in [0.717, 1.165) is 48.9 Å². The largest absolute Gasteiger partial charge is 0.468 e. The van der Waals surface area contributed by atoms with E-state index >= 15 is 0 Å². The molecule has 0 unspecified atom stereocenters. The second-order valence-corrected chi connectivity index (χ2v) is 9.16. The van der Waals surface area contributed by atoms with Crippen LogP contribution in [0.1, 0.15) is 36.6 Å². The van der Waals surface area contributed by atoms with Gasteiger partial charge in [-0.25, -0.2) is 4.98 Å². The number of carbonyl (C=O) groups excluding carboxylic acids is 1. The van der Waals surface area contributed by atoms with Gasteiger partial charge in [0.2, 0.25) is 0 Å². The van der Waals surface area contributed by atoms with E-state index in [2.05, 4.69) is 0 Å². The topological polar surface area (TPSA) is 70.4 Å². The zero-order chi connectivity index (χ0) is 18.3. The first-order chi connectivity index (χ1) is 12.6. The van der Waals surface area contributed by atoms with Gasteiger partial charge in [0.15, 0.2) is 5.16 Å². The maximum absolute atomic E-state index is 13.3. The summed E-state index contributed by atoms with van der Waals surface area (Å²) in [5.74, 6) is -0.318. The molecule has 2 aliphatic rings. The number of fused-ring (bicyclic) bond motifs is 3. The molecule has 0 saturated carbocycles. The Kier molecular flexibility index (Phi) is 5.07. The molecular formula is C18H22N2O4S2. The van der Waals surface area contributed by atoms with Gasteiger partial charge in [0.1, 0.15) is 10.1 Å². The predicted molar refractivity (Wildman–Crippen MR) is 102 cm³/mol. The lowest BCUT2D eigenvalue weighted by atomic mass is 10.2. The molecule has 0 spiro atoms. The molecule has 0 aromatic carbocycles. The third-order valence-corrected chi connectivity index (χ3v) is 7.27. The number of rotatable bonds is 5. The van der Waals surface area contributed by atoms with Gasteiger partial charge in [0.25, 0.3) is 5.56 Å². The van der Waals surface area contributed by atoms with E-state index in [1.165, 1.54) is 29.3 Å². The van der Waals surface area contributed by atoms with Gasteiger partial charge in [-0.05, 0) is 44.6 Å². The van der Waals surface area contributed by atoms with E-state index in [4.69, 9.17) is 14.5 Å². The van der Waals surface area contributed by atoms with Crippen molar-refractivity contribution in [1.82, 2.24) is 9.55 Å². The van der Waals surface area contributed by atoms with Crippen LogP contribution in [-0.4, -0.2) is 40.6 Å². The van der Waals surface area contributed by atoms with Crippen molar-refractivity contribution >= 4 is 39.3 Å². The summed E-state index contributed by atoms with van der Waals surface area (Å²) in [5, 5.41) is 0.929. The molecule has 1 aliphatic heterocycles. The number of hydrogen-bond acceptors (Lipinski definition) is 7. The molecule has 0 radical (unpaired) electrons. The summed E-state index contributed by atoms with van der Waals surface area (Å²) in [7, 11) is 1.37. The van der Waals surface area contributed by atoms with E-state index in [1.807, 2.05) is 0 Å². The average molecular weight is 395 g/mol. The van der Waals surface area contributed by atoms with Gasteiger partial charge in [-0.15, -0.1) is 11.3 Å². The Morgan fingerprint density at radius 1 is 1.46 bits per heavy atom. The third-order valence-electron chi connectivity index (χ3n) is 5.02. The molecule has 4 rings (SSSR count). The first-order valence-corrected chi connectivity index (χ1v) is 10.7. The molecule has 0 amide bonds. The standard InChI is InChI=1S/C18H22N2O4S2/c1-10(17(22)23-2)25-18-19-15-14(12-6-3-7-13(12)26-15)16(21)20(18)9-11-5-4-8-24-11/h10-11H,3-9H2,1-2H3/t10-,11-/m0/s1. The lowest BCUT2D eigenvalue weighted by Gasteiger charge is -2.17. The first-order valence-electron chi connectivity index (χ1n) is 8.99. The molecule has 140 valence electrons. The quantitative estimate of drug-likeness (QED) is 0.441. The molecular weight excluding hydrogens is 372 g/mol. The van der Waals surface area contributed by atoms with Gasteiger partial charge < -0.3 is 9.47 Å². The summed E-state index contributed by atoms with van der Waals surface area (Å²) in [4.78, 5) is 32.0. The molecule has 2 atom stereocenters. The van der Waals surface area contributed by atoms with Crippen molar-refractivity contribution in [3.8, 4) is 0 Å². The molecule has 0 bridgehead atoms. The number of esters is 1. The first kappa shape index (κ1) is 18.0. The Bertz CT molecular complexity index is 899. The van der Waals surface area contributed by atoms with Crippen molar-refractivity contribution in [2.45, 2.75) is 62.1 Å². The second kappa shape index (κ2) is 7.32. The number of ether oxygens (including phenoxy) is 2. The van der Waals surface area contributed by atoms with Crippen molar-refractivity contribution in [2.24, 2.45) is 0 Å². The summed E-state index contributed by atoms with van der Waals surface area (Å²) in [6, 6.07) is 0. The maximum Gasteiger partial charge on any atom is 0.318 e. The van der Waals surface area contributed by atoms with Crippen LogP contribution in [0.2, 0.25) is 0 Å². The Morgan fingerprint density at radius 2 is 2.31 bits per heavy atom. The highest BCUT2D eigenvalue weighted by Crippen LogP contribution is 2.36. The van der Waals surface area contributed by atoms with E-state index < -0.39 is 5.25 Å². The van der Waals surface area contributed by atoms with Gasteiger partial charge in [-0.2, -0.15) is 0 Å². The zero-order valence-electron chi connectivity index (χ0n) is 14.9. The van der Waals surface area contributed by atoms with E-state index in [-0.39, 0.29) is 17.6 Å². The summed E-state index contributed by atoms with van der Waals surface area (Å²) < 4.78 is 12.3. The van der Waals surface area contributed by atoms with Crippen LogP contribution in [0.5, 0.6) is 0 Å². The lowest BCUT2D eigenvalue weighted by molar-refractivity contribution is -0.139. The molecule has 8 heteroatoms. The van der Waals surface area contributed by atoms with Crippen molar-refractivity contribution in [3.63, 3.8) is 0 Å². The summed E-state index contributed by atoms with van der Waals surface area (Å²) >= 11 is 2.91. The van der Waals surface area contributed by atoms with Gasteiger partial charge >= 0.3 is 5.97 Å². The molecule has 1 aliphatic carbocycles. The maximum atomic E-state index is 13.3. The van der Waals surface area contributed by atoms with E-state index in [1.54, 1.807) is 22.8 Å². The number of aromatic nitrogens is 2. The van der Waals surface area contributed by atoms with Gasteiger partial charge in [-0.1, -0.05) is 11.8 Å². The minimum Gasteiger partial charge on any atom is -0.468 e. The summed E-state index contributed by atoms with van der Waals surface area (Å²) in [5.41, 5.74) is 1.19. The molecule has 2 aromatic rings. The molecule has 6 nitrogen and oxygen atoms in total. The predicted octanol–water partition coefficient (Wildman–Crippen LogP) is 2.78. The molecule has 1 fully saturated rings. The smallest absolute Gasteiger partial charge is 0.318 e. The van der Waals surface area contributed by atoms with Crippen molar-refractivity contribution in [3.05, 3.63) is 20.8 Å². The fourth-order valence-electron chi connectivity index (χ4n) is 3.67. The van der Waals surface area contributed by atoms with Crippen LogP contribution >= 0.6 is 23.1 Å². The minimum absolute atomic E-state index is 0.00414. The Labute approximate surface area is 159 Å². The van der Waals surface area contributed by atoms with E-state index in [0.29, 0.717) is 11.7 Å². The highest BCUT2D eigenvalue weighted by atomic mass is 32.2. The third kappa shape index (κ3) is 3.18. The molecule has 26 heavy (non-hydrogen) atoms. The van der Waals surface area contributed by atoms with Crippen molar-refractivity contribution in [2.75, 3.05) is 13.7 Å². The Hall–Kier alpha value is -1.38. The van der Waals surface area contributed by atoms with Gasteiger partial charge in [0.05, 0.1) is 25.1 Å². The van der Waals surface area contributed by atoms with E-state index in [9.17, 15) is 9.59 Å². The Balaban J connectivity index is 1.79. The van der Waals surface area contributed by atoms with Crippen LogP contribution in [-0.2, 0) is 33.7 Å². The number of thioether (sulfide) groups is 1. The lowest BCUT2D eigenvalue weighted by Crippen LogP contribution is -2.29. The molecule has 3 heterocycles. The molecule has 1 saturated heterocycles. The van der Waals surface area contributed by atoms with Crippen molar-refractivity contribution < 1.29 is 14.3 Å². The number of carbonyl (C=O) groups is 1. The Morgan fingerprint density at radius 3 is 3.04 bits per heavy atom. The van der Waals surface area contributed by atoms with Crippen LogP contribution in [0.4, 0.5) is 0 Å². The van der Waals surface area contributed by atoms with Crippen LogP contribution < -0.4 is 5.56 Å². The highest BCUT2D eigenvalue weighted by molar-refractivity contribution is 8.00. The average Bonchev–Trinajstić information content (AvgIpc) is 3.34. The minimum atomic E-state index is -0.424. The number of nitrogens with zero attached hydrogens (tertiary/aromatic N) is 2. The monoisotopic (exact) mass is 394 g/mol. The molecule has 0 N–H and O–H groups in total. The fourth-order valence-corrected chi connectivity index (χ4v) is 5.92. The normalized spacial score (nSPS) is 20.5. The zero-order valence-corrected chi connectivity index (χ0v) is 16.6. The van der Waals surface area contributed by atoms with Crippen LogP contribution in [0.25, 0.3) is 10.2 Å². The number of aryl methyl sites for hydroxylation is 2. The highest BCUT2D eigenvalue weighted by Gasteiger charge is 2.27. The number of hydrogen-bond donors (Lipinski definition) is 0. The summed E-state index contributed by atoms with van der Waals surface area (Å²) in [6.45, 7) is 3.00. The van der Waals surface area contributed by atoms with Crippen LogP contribution in [0.3, 0.4) is 0 Å². The summed E-state index contributed by atoms with van der Waals surface area (Å²) in [6.07, 6.45) is 5.09. The van der Waals surface area contributed by atoms with Crippen LogP contribution in [0, 0.1) is 0 Å². The second-order valence-electron chi connectivity index (χ2n) is 6.77. The number of thiophene rings is 1. The molecule has 2 aromatic heterocycles. The van der Waals surface area contributed by atoms with Gasteiger partial charge in [0, 0.05) is 11.5 Å². The SMILES string of the molecule is COC(=O)[C@H](C)Sc1nc2sc3c(c2c(=O)n1C[C@@H]1CCCO1)CCC3.